The first-order chi connectivity index (χ1) is 17.3. The summed E-state index contributed by atoms with van der Waals surface area (Å²) < 4.78 is 44.0. The standard InChI is InChI=1S/C23H34N4O8S/c1-3-25-10-8-17(9-11-25)35-20-7-5-18(14-24-20)36(31,32)26-15-16-4-6-19(21(26)22(28)29)27(16)23(30)34-13-12-33-2/h5,7,14,16-17,19,21H,3-4,6,8-13,15H2,1-2H3,(H,28,29)/t16-,19+,21-/m1/s1. The number of aromatic nitrogens is 1. The van der Waals surface area contributed by atoms with E-state index in [1.807, 2.05) is 0 Å². The molecule has 1 aromatic heterocycles. The summed E-state index contributed by atoms with van der Waals surface area (Å²) in [5.74, 6) is -0.979. The lowest BCUT2D eigenvalue weighted by atomic mass is 10.1. The van der Waals surface area contributed by atoms with Gasteiger partial charge in [-0.15, -0.1) is 0 Å². The number of methoxy groups -OCH3 is 1. The minimum atomic E-state index is -4.18. The zero-order valence-electron chi connectivity index (χ0n) is 20.6. The van der Waals surface area contributed by atoms with Gasteiger partial charge in [0.25, 0.3) is 0 Å². The van der Waals surface area contributed by atoms with E-state index in [4.69, 9.17) is 14.2 Å². The van der Waals surface area contributed by atoms with Gasteiger partial charge in [0.2, 0.25) is 15.9 Å². The van der Waals surface area contributed by atoms with Crippen LogP contribution in [0, 0.1) is 0 Å². The summed E-state index contributed by atoms with van der Waals surface area (Å²) in [7, 11) is -2.71. The summed E-state index contributed by atoms with van der Waals surface area (Å²) in [6.07, 6.45) is 3.17. The lowest BCUT2D eigenvalue weighted by molar-refractivity contribution is -0.145. The molecule has 200 valence electrons. The number of amides is 1. The fraction of sp³-hybridized carbons (Fsp3) is 0.696. The molecule has 3 saturated heterocycles. The number of hydrogen-bond acceptors (Lipinski definition) is 9. The molecule has 0 spiro atoms. The minimum Gasteiger partial charge on any atom is -0.480 e. The van der Waals surface area contributed by atoms with Crippen molar-refractivity contribution < 1.29 is 37.3 Å². The third kappa shape index (κ3) is 5.43. The number of piperazine rings is 1. The molecule has 36 heavy (non-hydrogen) atoms. The van der Waals surface area contributed by atoms with E-state index >= 15 is 0 Å². The van der Waals surface area contributed by atoms with Crippen LogP contribution >= 0.6 is 0 Å². The van der Waals surface area contributed by atoms with Crippen LogP contribution in [0.25, 0.3) is 0 Å². The number of pyridine rings is 1. The summed E-state index contributed by atoms with van der Waals surface area (Å²) >= 11 is 0. The second kappa shape index (κ2) is 11.3. The Morgan fingerprint density at radius 1 is 1.14 bits per heavy atom. The van der Waals surface area contributed by atoms with Crippen molar-refractivity contribution in [2.75, 3.05) is 46.5 Å². The number of fused-ring (bicyclic) bond motifs is 2. The summed E-state index contributed by atoms with van der Waals surface area (Å²) in [5.41, 5.74) is 0. The average molecular weight is 527 g/mol. The highest BCUT2D eigenvalue weighted by Crippen LogP contribution is 2.37. The molecule has 3 aliphatic rings. The van der Waals surface area contributed by atoms with Gasteiger partial charge in [-0.3, -0.25) is 9.69 Å². The Balaban J connectivity index is 1.47. The highest BCUT2D eigenvalue weighted by atomic mass is 32.2. The molecule has 12 nitrogen and oxygen atoms in total. The molecule has 0 aliphatic carbocycles. The molecule has 0 radical (unpaired) electrons. The fourth-order valence-electron chi connectivity index (χ4n) is 5.26. The molecule has 13 heteroatoms. The highest BCUT2D eigenvalue weighted by Gasteiger charge is 2.55. The molecule has 0 aromatic carbocycles. The summed E-state index contributed by atoms with van der Waals surface area (Å²) in [4.78, 5) is 32.7. The smallest absolute Gasteiger partial charge is 0.410 e. The lowest BCUT2D eigenvalue weighted by Crippen LogP contribution is -2.64. The molecular weight excluding hydrogens is 492 g/mol. The zero-order valence-corrected chi connectivity index (χ0v) is 21.4. The molecule has 1 amide bonds. The first-order valence-electron chi connectivity index (χ1n) is 12.3. The van der Waals surface area contributed by atoms with E-state index in [9.17, 15) is 23.1 Å². The van der Waals surface area contributed by atoms with Gasteiger partial charge in [0, 0.05) is 38.9 Å². The Morgan fingerprint density at radius 3 is 2.50 bits per heavy atom. The number of carboxylic acid groups (broad SMARTS) is 1. The first kappa shape index (κ1) is 26.6. The quantitative estimate of drug-likeness (QED) is 0.464. The Morgan fingerprint density at radius 2 is 1.89 bits per heavy atom. The molecule has 3 aliphatic heterocycles. The second-order valence-corrected chi connectivity index (χ2v) is 11.1. The summed E-state index contributed by atoms with van der Waals surface area (Å²) in [6.45, 7) is 5.11. The Hall–Kier alpha value is -2.48. The fourth-order valence-corrected chi connectivity index (χ4v) is 6.85. The van der Waals surface area contributed by atoms with E-state index < -0.39 is 40.2 Å². The van der Waals surface area contributed by atoms with Crippen LogP contribution in [0.4, 0.5) is 4.79 Å². The van der Waals surface area contributed by atoms with Gasteiger partial charge in [0.05, 0.1) is 18.8 Å². The van der Waals surface area contributed by atoms with Gasteiger partial charge in [-0.25, -0.2) is 18.2 Å². The third-order valence-electron chi connectivity index (χ3n) is 7.17. The van der Waals surface area contributed by atoms with Crippen molar-refractivity contribution in [3.63, 3.8) is 0 Å². The number of likely N-dealkylation sites (tertiary alicyclic amines) is 1. The van der Waals surface area contributed by atoms with Gasteiger partial charge in [-0.2, -0.15) is 4.31 Å². The maximum Gasteiger partial charge on any atom is 0.410 e. The third-order valence-corrected chi connectivity index (χ3v) is 9.00. The van der Waals surface area contributed by atoms with Crippen LogP contribution in [-0.2, 0) is 24.3 Å². The molecule has 3 fully saturated rings. The van der Waals surface area contributed by atoms with Gasteiger partial charge in [-0.1, -0.05) is 6.92 Å². The average Bonchev–Trinajstić information content (AvgIpc) is 3.17. The Kier molecular flexibility index (Phi) is 8.33. The van der Waals surface area contributed by atoms with Crippen molar-refractivity contribution in [3.05, 3.63) is 18.3 Å². The van der Waals surface area contributed by atoms with Crippen molar-refractivity contribution in [2.45, 2.75) is 61.7 Å². The van der Waals surface area contributed by atoms with Gasteiger partial charge in [0.15, 0.2) is 0 Å². The molecule has 1 aromatic rings. The number of ether oxygens (including phenoxy) is 3. The SMILES string of the molecule is CCN1CCC(Oc2ccc(S(=O)(=O)N3C[C@H]4CC[C@@H]([C@@H]3C(=O)O)N4C(=O)OCCOC)cn2)CC1. The van der Waals surface area contributed by atoms with Gasteiger partial charge in [0.1, 0.15) is 23.6 Å². The number of aliphatic carboxylic acids is 1. The van der Waals surface area contributed by atoms with Crippen LogP contribution < -0.4 is 4.74 Å². The number of carbonyl (C=O) groups excluding carboxylic acids is 1. The van der Waals surface area contributed by atoms with Crippen molar-refractivity contribution in [1.29, 1.82) is 0 Å². The molecule has 1 N–H and O–H groups in total. The van der Waals surface area contributed by atoms with Crippen LogP contribution in [0.15, 0.2) is 23.2 Å². The number of sulfonamides is 1. The van der Waals surface area contributed by atoms with Crippen LogP contribution in [0.2, 0.25) is 0 Å². The number of carboxylic acids is 1. The molecule has 2 bridgehead atoms. The van der Waals surface area contributed by atoms with E-state index in [-0.39, 0.29) is 30.8 Å². The largest absolute Gasteiger partial charge is 0.480 e. The topological polar surface area (TPSA) is 139 Å². The van der Waals surface area contributed by atoms with Crippen LogP contribution in [0.5, 0.6) is 5.88 Å². The van der Waals surface area contributed by atoms with E-state index in [1.165, 1.54) is 30.3 Å². The highest BCUT2D eigenvalue weighted by molar-refractivity contribution is 7.89. The molecule has 0 unspecified atom stereocenters. The molecule has 0 saturated carbocycles. The van der Waals surface area contributed by atoms with E-state index in [0.717, 1.165) is 36.8 Å². The van der Waals surface area contributed by atoms with Crippen LogP contribution in [0.1, 0.15) is 32.6 Å². The normalized spacial score (nSPS) is 25.6. The summed E-state index contributed by atoms with van der Waals surface area (Å²) in [5, 5.41) is 9.97. The molecule has 4 rings (SSSR count). The van der Waals surface area contributed by atoms with E-state index in [1.54, 1.807) is 0 Å². The Labute approximate surface area is 211 Å². The maximum atomic E-state index is 13.5. The monoisotopic (exact) mass is 526 g/mol. The summed E-state index contributed by atoms with van der Waals surface area (Å²) in [6, 6.07) is 0.178. The van der Waals surface area contributed by atoms with Gasteiger partial charge in [-0.05, 0) is 38.3 Å². The molecule has 4 heterocycles. The number of hydrogen-bond donors (Lipinski definition) is 1. The van der Waals surface area contributed by atoms with Gasteiger partial charge >= 0.3 is 12.1 Å². The maximum absolute atomic E-state index is 13.5. The lowest BCUT2D eigenvalue weighted by Gasteiger charge is -2.43. The second-order valence-electron chi connectivity index (χ2n) is 9.25. The number of piperidine rings is 1. The zero-order chi connectivity index (χ0) is 25.9. The van der Waals surface area contributed by atoms with Crippen LogP contribution in [0.3, 0.4) is 0 Å². The van der Waals surface area contributed by atoms with Crippen molar-refractivity contribution in [1.82, 2.24) is 19.1 Å². The van der Waals surface area contributed by atoms with Gasteiger partial charge < -0.3 is 24.2 Å². The minimum absolute atomic E-state index is 0.0199. The van der Waals surface area contributed by atoms with Crippen molar-refractivity contribution in [3.8, 4) is 5.88 Å². The Bertz CT molecular complexity index is 1030. The van der Waals surface area contributed by atoms with Crippen molar-refractivity contribution in [2.24, 2.45) is 0 Å². The first-order valence-corrected chi connectivity index (χ1v) is 13.7. The van der Waals surface area contributed by atoms with E-state index in [0.29, 0.717) is 18.7 Å². The predicted octanol–water partition coefficient (Wildman–Crippen LogP) is 1.02. The number of rotatable bonds is 9. The predicted molar refractivity (Wildman–Crippen MR) is 127 cm³/mol. The molecule has 3 atom stereocenters. The molecular formula is C23H34N4O8S. The van der Waals surface area contributed by atoms with Crippen LogP contribution in [-0.4, -0.2) is 115 Å². The number of carbonyl (C=O) groups is 2. The number of nitrogens with zero attached hydrogens (tertiary/aromatic N) is 4. The van der Waals surface area contributed by atoms with E-state index in [2.05, 4.69) is 16.8 Å². The van der Waals surface area contributed by atoms with Crippen molar-refractivity contribution >= 4 is 22.1 Å².